The first-order valence-electron chi connectivity index (χ1n) is 7.85. The molecule has 2 aromatic rings. The standard InChI is InChI=1S/C18H22N2O4S/c1-14-8-9-16(25(22,23)20-10-11-24-2)12-17(14)18(21)19-13-15-6-4-3-5-7-15/h3-9,12,20H,10-11,13H2,1-2H3,(H,19,21). The zero-order valence-corrected chi connectivity index (χ0v) is 15.1. The van der Waals surface area contributed by atoms with Gasteiger partial charge in [0.15, 0.2) is 0 Å². The predicted octanol–water partition coefficient (Wildman–Crippen LogP) is 1.85. The van der Waals surface area contributed by atoms with Gasteiger partial charge in [0.1, 0.15) is 0 Å². The first kappa shape index (κ1) is 19.1. The van der Waals surface area contributed by atoms with Crippen LogP contribution in [-0.4, -0.2) is 34.6 Å². The molecule has 0 aliphatic carbocycles. The lowest BCUT2D eigenvalue weighted by atomic mass is 10.1. The summed E-state index contributed by atoms with van der Waals surface area (Å²) in [5.74, 6) is -0.310. The van der Waals surface area contributed by atoms with Crippen LogP contribution in [0.5, 0.6) is 0 Å². The second-order valence-electron chi connectivity index (χ2n) is 5.54. The van der Waals surface area contributed by atoms with Crippen LogP contribution in [0.1, 0.15) is 21.5 Å². The molecule has 0 aliphatic heterocycles. The molecule has 1 amide bonds. The second-order valence-corrected chi connectivity index (χ2v) is 7.30. The lowest BCUT2D eigenvalue weighted by Crippen LogP contribution is -2.28. The highest BCUT2D eigenvalue weighted by Crippen LogP contribution is 2.16. The van der Waals surface area contributed by atoms with Gasteiger partial charge in [-0.25, -0.2) is 13.1 Å². The SMILES string of the molecule is COCCNS(=O)(=O)c1ccc(C)c(C(=O)NCc2ccccc2)c1. The number of sulfonamides is 1. The molecule has 25 heavy (non-hydrogen) atoms. The fourth-order valence-corrected chi connectivity index (χ4v) is 3.29. The van der Waals surface area contributed by atoms with E-state index in [4.69, 9.17) is 4.74 Å². The summed E-state index contributed by atoms with van der Waals surface area (Å²) in [7, 11) is -2.19. The minimum absolute atomic E-state index is 0.0547. The molecule has 0 radical (unpaired) electrons. The molecule has 6 nitrogen and oxygen atoms in total. The van der Waals surface area contributed by atoms with Crippen molar-refractivity contribution in [3.8, 4) is 0 Å². The van der Waals surface area contributed by atoms with Crippen molar-refractivity contribution in [1.29, 1.82) is 0 Å². The van der Waals surface area contributed by atoms with Gasteiger partial charge in [0.05, 0.1) is 11.5 Å². The van der Waals surface area contributed by atoms with Gasteiger partial charge < -0.3 is 10.1 Å². The molecule has 0 aromatic heterocycles. The van der Waals surface area contributed by atoms with Gasteiger partial charge in [0.2, 0.25) is 10.0 Å². The smallest absolute Gasteiger partial charge is 0.251 e. The topological polar surface area (TPSA) is 84.5 Å². The summed E-state index contributed by atoms with van der Waals surface area (Å²) < 4.78 is 31.8. The fourth-order valence-electron chi connectivity index (χ4n) is 2.25. The Morgan fingerprint density at radius 3 is 2.52 bits per heavy atom. The van der Waals surface area contributed by atoms with Gasteiger partial charge in [-0.05, 0) is 30.2 Å². The summed E-state index contributed by atoms with van der Waals surface area (Å²) in [5, 5.41) is 2.81. The fraction of sp³-hybridized carbons (Fsp3) is 0.278. The first-order valence-corrected chi connectivity index (χ1v) is 9.34. The molecule has 2 N–H and O–H groups in total. The molecule has 0 saturated carbocycles. The maximum atomic E-state index is 12.4. The highest BCUT2D eigenvalue weighted by atomic mass is 32.2. The van der Waals surface area contributed by atoms with Crippen LogP contribution in [-0.2, 0) is 21.3 Å². The Bertz CT molecular complexity index is 820. The van der Waals surface area contributed by atoms with E-state index in [1.807, 2.05) is 30.3 Å². The molecule has 2 aromatic carbocycles. The lowest BCUT2D eigenvalue weighted by Gasteiger charge is -2.11. The number of nitrogens with one attached hydrogen (secondary N) is 2. The molecule has 0 bridgehead atoms. The first-order chi connectivity index (χ1) is 11.9. The van der Waals surface area contributed by atoms with Gasteiger partial charge in [0, 0.05) is 25.8 Å². The van der Waals surface area contributed by atoms with Crippen LogP contribution in [0.15, 0.2) is 53.4 Å². The van der Waals surface area contributed by atoms with Gasteiger partial charge in [-0.2, -0.15) is 0 Å². The van der Waals surface area contributed by atoms with Crippen molar-refractivity contribution >= 4 is 15.9 Å². The van der Waals surface area contributed by atoms with Crippen LogP contribution in [0, 0.1) is 6.92 Å². The normalized spacial score (nSPS) is 11.3. The van der Waals surface area contributed by atoms with Crippen molar-refractivity contribution in [1.82, 2.24) is 10.0 Å². The van der Waals surface area contributed by atoms with Gasteiger partial charge in [-0.1, -0.05) is 36.4 Å². The molecule has 7 heteroatoms. The zero-order chi connectivity index (χ0) is 18.3. The largest absolute Gasteiger partial charge is 0.383 e. The van der Waals surface area contributed by atoms with Crippen molar-refractivity contribution in [3.63, 3.8) is 0 Å². The maximum absolute atomic E-state index is 12.4. The third kappa shape index (κ3) is 5.38. The monoisotopic (exact) mass is 362 g/mol. The van der Waals surface area contributed by atoms with Gasteiger partial charge >= 0.3 is 0 Å². The van der Waals surface area contributed by atoms with Crippen LogP contribution < -0.4 is 10.0 Å². The number of rotatable bonds is 8. The van der Waals surface area contributed by atoms with Crippen LogP contribution in [0.4, 0.5) is 0 Å². The van der Waals surface area contributed by atoms with E-state index in [0.717, 1.165) is 5.56 Å². The summed E-state index contributed by atoms with van der Waals surface area (Å²) in [6.07, 6.45) is 0. The summed E-state index contributed by atoms with van der Waals surface area (Å²) in [4.78, 5) is 12.5. The lowest BCUT2D eigenvalue weighted by molar-refractivity contribution is 0.0950. The number of aryl methyl sites for hydroxylation is 1. The highest BCUT2D eigenvalue weighted by molar-refractivity contribution is 7.89. The third-order valence-electron chi connectivity index (χ3n) is 3.66. The molecule has 0 fully saturated rings. The van der Waals surface area contributed by atoms with Gasteiger partial charge in [0.25, 0.3) is 5.91 Å². The Hall–Kier alpha value is -2.22. The number of amides is 1. The van der Waals surface area contributed by atoms with E-state index in [2.05, 4.69) is 10.0 Å². The Morgan fingerprint density at radius 1 is 1.12 bits per heavy atom. The van der Waals surface area contributed by atoms with Crippen molar-refractivity contribution in [3.05, 3.63) is 65.2 Å². The van der Waals surface area contributed by atoms with Crippen LogP contribution in [0.25, 0.3) is 0 Å². The summed E-state index contributed by atoms with van der Waals surface area (Å²) in [6, 6.07) is 14.0. The van der Waals surface area contributed by atoms with E-state index in [9.17, 15) is 13.2 Å². The van der Waals surface area contributed by atoms with E-state index in [1.54, 1.807) is 13.0 Å². The van der Waals surface area contributed by atoms with Gasteiger partial charge in [-0.3, -0.25) is 4.79 Å². The number of benzene rings is 2. The minimum Gasteiger partial charge on any atom is -0.383 e. The molecule has 0 heterocycles. The summed E-state index contributed by atoms with van der Waals surface area (Å²) in [5.41, 5.74) is 2.02. The number of ether oxygens (including phenoxy) is 1. The number of carbonyl (C=O) groups is 1. The molecule has 134 valence electrons. The van der Waals surface area contributed by atoms with Crippen LogP contribution in [0.2, 0.25) is 0 Å². The Balaban J connectivity index is 2.13. The molecule has 0 unspecified atom stereocenters. The number of carbonyl (C=O) groups excluding carboxylic acids is 1. The number of hydrogen-bond acceptors (Lipinski definition) is 4. The quantitative estimate of drug-likeness (QED) is 0.702. The minimum atomic E-state index is -3.68. The van der Waals surface area contributed by atoms with Crippen LogP contribution in [0.3, 0.4) is 0 Å². The molecule has 0 spiro atoms. The average molecular weight is 362 g/mol. The molecule has 0 aliphatic rings. The summed E-state index contributed by atoms with van der Waals surface area (Å²) in [6.45, 7) is 2.59. The zero-order valence-electron chi connectivity index (χ0n) is 14.3. The number of methoxy groups -OCH3 is 1. The van der Waals surface area contributed by atoms with Crippen LogP contribution >= 0.6 is 0 Å². The molecular weight excluding hydrogens is 340 g/mol. The van der Waals surface area contributed by atoms with Crippen molar-refractivity contribution < 1.29 is 17.9 Å². The molecule has 0 atom stereocenters. The van der Waals surface area contributed by atoms with Crippen molar-refractivity contribution in [2.75, 3.05) is 20.3 Å². The predicted molar refractivity (Wildman–Crippen MR) is 95.9 cm³/mol. The highest BCUT2D eigenvalue weighted by Gasteiger charge is 2.17. The van der Waals surface area contributed by atoms with E-state index >= 15 is 0 Å². The Kier molecular flexibility index (Phi) is 6.69. The average Bonchev–Trinajstić information content (AvgIpc) is 2.61. The second kappa shape index (κ2) is 8.75. The Morgan fingerprint density at radius 2 is 1.84 bits per heavy atom. The van der Waals surface area contributed by atoms with Crippen molar-refractivity contribution in [2.45, 2.75) is 18.4 Å². The summed E-state index contributed by atoms with van der Waals surface area (Å²) >= 11 is 0. The van der Waals surface area contributed by atoms with Crippen molar-refractivity contribution in [2.24, 2.45) is 0 Å². The third-order valence-corrected chi connectivity index (χ3v) is 5.12. The molecular formula is C18H22N2O4S. The Labute approximate surface area is 148 Å². The maximum Gasteiger partial charge on any atom is 0.251 e. The van der Waals surface area contributed by atoms with E-state index < -0.39 is 10.0 Å². The van der Waals surface area contributed by atoms with Gasteiger partial charge in [-0.15, -0.1) is 0 Å². The number of hydrogen-bond donors (Lipinski definition) is 2. The van der Waals surface area contributed by atoms with E-state index in [0.29, 0.717) is 17.7 Å². The molecule has 0 saturated heterocycles. The molecule has 2 rings (SSSR count). The van der Waals surface area contributed by atoms with E-state index in [1.165, 1.54) is 19.2 Å². The van der Waals surface area contributed by atoms with E-state index in [-0.39, 0.29) is 24.0 Å².